The van der Waals surface area contributed by atoms with E-state index in [1.165, 1.54) is 11.3 Å². The zero-order valence-electron chi connectivity index (χ0n) is 16.4. The zero-order valence-corrected chi connectivity index (χ0v) is 17.2. The third-order valence-corrected chi connectivity index (χ3v) is 5.75. The molecular weight excluding hydrogens is 394 g/mol. The fourth-order valence-electron chi connectivity index (χ4n) is 3.23. The normalized spacial score (nSPS) is 12.8. The van der Waals surface area contributed by atoms with E-state index in [9.17, 15) is 4.79 Å². The van der Waals surface area contributed by atoms with Gasteiger partial charge in [-0.2, -0.15) is 4.98 Å². The number of nitrogens with zero attached hydrogens (tertiary/aromatic N) is 2. The molecule has 0 saturated carbocycles. The van der Waals surface area contributed by atoms with Crippen molar-refractivity contribution in [1.82, 2.24) is 15.3 Å². The largest absolute Gasteiger partial charge is 0.486 e. The summed E-state index contributed by atoms with van der Waals surface area (Å²) in [5.41, 5.74) is 1.66. The van der Waals surface area contributed by atoms with Gasteiger partial charge < -0.3 is 24.3 Å². The summed E-state index contributed by atoms with van der Waals surface area (Å²) in [6.45, 7) is 3.49. The van der Waals surface area contributed by atoms with E-state index in [0.29, 0.717) is 52.7 Å². The van der Waals surface area contributed by atoms with Crippen LogP contribution in [-0.2, 0) is 17.9 Å². The van der Waals surface area contributed by atoms with Gasteiger partial charge in [-0.05, 0) is 18.6 Å². The topological polar surface area (TPSA) is 91.8 Å². The minimum atomic E-state index is -0.185. The number of rotatable bonds is 6. The van der Waals surface area contributed by atoms with E-state index in [0.717, 1.165) is 16.5 Å². The molecule has 2 aromatic heterocycles. The number of amides is 1. The lowest BCUT2D eigenvalue weighted by molar-refractivity contribution is 0.0953. The van der Waals surface area contributed by atoms with Crippen molar-refractivity contribution in [3.63, 3.8) is 0 Å². The van der Waals surface area contributed by atoms with Crippen LogP contribution in [-0.4, -0.2) is 43.3 Å². The second-order valence-electron chi connectivity index (χ2n) is 6.44. The summed E-state index contributed by atoms with van der Waals surface area (Å²) in [6.07, 6.45) is 0. The standard InChI is InChI=1S/C20H21N3O5S/c1-11-15-19(26-3)22-14(10-25-2)23-20(15)29-17(11)18(24)21-9-12-5-4-6-13-16(12)28-8-7-27-13/h4-6H,7-10H2,1-3H3,(H,21,24). The Kier molecular flexibility index (Phi) is 5.50. The number of nitrogens with one attached hydrogen (secondary N) is 1. The number of para-hydroxylation sites is 1. The number of aryl methyl sites for hydroxylation is 1. The number of hydrogen-bond donors (Lipinski definition) is 1. The van der Waals surface area contributed by atoms with E-state index >= 15 is 0 Å². The van der Waals surface area contributed by atoms with Crippen molar-refractivity contribution < 1.29 is 23.7 Å². The molecule has 4 rings (SSSR count). The fraction of sp³-hybridized carbons (Fsp3) is 0.350. The molecule has 0 spiro atoms. The molecule has 1 amide bonds. The Bertz CT molecular complexity index is 1070. The molecule has 1 N–H and O–H groups in total. The number of carbonyl (C=O) groups excluding carboxylic acids is 1. The minimum Gasteiger partial charge on any atom is -0.486 e. The van der Waals surface area contributed by atoms with E-state index in [2.05, 4.69) is 15.3 Å². The lowest BCUT2D eigenvalue weighted by Gasteiger charge is -2.21. The van der Waals surface area contributed by atoms with Crippen molar-refractivity contribution in [1.29, 1.82) is 0 Å². The predicted molar refractivity (Wildman–Crippen MR) is 108 cm³/mol. The highest BCUT2D eigenvalue weighted by atomic mass is 32.1. The SMILES string of the molecule is COCc1nc(OC)c2c(C)c(C(=O)NCc3cccc4c3OCCO4)sc2n1. The molecule has 29 heavy (non-hydrogen) atoms. The highest BCUT2D eigenvalue weighted by molar-refractivity contribution is 7.20. The fourth-order valence-corrected chi connectivity index (χ4v) is 4.34. The molecule has 152 valence electrons. The summed E-state index contributed by atoms with van der Waals surface area (Å²) >= 11 is 1.31. The van der Waals surface area contributed by atoms with Gasteiger partial charge in [0.25, 0.3) is 5.91 Å². The molecule has 8 nitrogen and oxygen atoms in total. The van der Waals surface area contributed by atoms with Crippen LogP contribution in [0.3, 0.4) is 0 Å². The van der Waals surface area contributed by atoms with Gasteiger partial charge in [0.05, 0.1) is 17.4 Å². The van der Waals surface area contributed by atoms with Crippen molar-refractivity contribution in [2.45, 2.75) is 20.1 Å². The molecule has 0 fully saturated rings. The number of fused-ring (bicyclic) bond motifs is 2. The maximum atomic E-state index is 12.9. The monoisotopic (exact) mass is 415 g/mol. The second-order valence-corrected chi connectivity index (χ2v) is 7.44. The smallest absolute Gasteiger partial charge is 0.261 e. The first kappa shape index (κ1) is 19.4. The molecule has 9 heteroatoms. The third kappa shape index (κ3) is 3.70. The van der Waals surface area contributed by atoms with Crippen LogP contribution < -0.4 is 19.5 Å². The van der Waals surface area contributed by atoms with Gasteiger partial charge in [0, 0.05) is 19.2 Å². The molecule has 1 aliphatic heterocycles. The van der Waals surface area contributed by atoms with Gasteiger partial charge in [-0.15, -0.1) is 11.3 Å². The first-order valence-corrected chi connectivity index (χ1v) is 9.92. The number of benzene rings is 1. The molecule has 0 atom stereocenters. The minimum absolute atomic E-state index is 0.185. The van der Waals surface area contributed by atoms with Crippen molar-refractivity contribution in [3.05, 3.63) is 40.0 Å². The van der Waals surface area contributed by atoms with Gasteiger partial charge in [-0.25, -0.2) is 4.98 Å². The Hall–Kier alpha value is -2.91. The van der Waals surface area contributed by atoms with E-state index in [-0.39, 0.29) is 12.5 Å². The van der Waals surface area contributed by atoms with E-state index in [4.69, 9.17) is 18.9 Å². The molecule has 1 aliphatic rings. The summed E-state index contributed by atoms with van der Waals surface area (Å²) in [5.74, 6) is 2.15. The van der Waals surface area contributed by atoms with Crippen LogP contribution in [0.1, 0.15) is 26.6 Å². The maximum Gasteiger partial charge on any atom is 0.261 e. The average Bonchev–Trinajstić information content (AvgIpc) is 3.08. The first-order chi connectivity index (χ1) is 14.1. The number of carbonyl (C=O) groups is 1. The van der Waals surface area contributed by atoms with E-state index in [1.54, 1.807) is 14.2 Å². The highest BCUT2D eigenvalue weighted by Gasteiger charge is 2.22. The molecule has 0 aliphatic carbocycles. The van der Waals surface area contributed by atoms with Crippen LogP contribution in [0.2, 0.25) is 0 Å². The van der Waals surface area contributed by atoms with Crippen molar-refractivity contribution in [3.8, 4) is 17.4 Å². The third-order valence-electron chi connectivity index (χ3n) is 4.56. The van der Waals surface area contributed by atoms with Crippen molar-refractivity contribution in [2.24, 2.45) is 0 Å². The van der Waals surface area contributed by atoms with Crippen LogP contribution in [0.15, 0.2) is 18.2 Å². The highest BCUT2D eigenvalue weighted by Crippen LogP contribution is 2.36. The van der Waals surface area contributed by atoms with E-state index in [1.807, 2.05) is 25.1 Å². The van der Waals surface area contributed by atoms with E-state index < -0.39 is 0 Å². The van der Waals surface area contributed by atoms with Gasteiger partial charge in [0.15, 0.2) is 17.3 Å². The number of ether oxygens (including phenoxy) is 4. The number of methoxy groups -OCH3 is 2. The van der Waals surface area contributed by atoms with Crippen LogP contribution in [0.25, 0.3) is 10.2 Å². The molecule has 1 aromatic carbocycles. The zero-order chi connectivity index (χ0) is 20.4. The summed E-state index contributed by atoms with van der Waals surface area (Å²) in [4.78, 5) is 23.0. The Morgan fingerprint density at radius 3 is 2.86 bits per heavy atom. The van der Waals surface area contributed by atoms with Gasteiger partial charge in [-0.3, -0.25) is 4.79 Å². The summed E-state index contributed by atoms with van der Waals surface area (Å²) in [7, 11) is 3.13. The Morgan fingerprint density at radius 1 is 1.24 bits per heavy atom. The van der Waals surface area contributed by atoms with Gasteiger partial charge in [0.2, 0.25) is 5.88 Å². The maximum absolute atomic E-state index is 12.9. The summed E-state index contributed by atoms with van der Waals surface area (Å²) in [6, 6.07) is 5.66. The molecule has 0 unspecified atom stereocenters. The molecule has 0 bridgehead atoms. The predicted octanol–water partition coefficient (Wildman–Crippen LogP) is 2.86. The lowest BCUT2D eigenvalue weighted by atomic mass is 10.1. The molecule has 3 heterocycles. The molecule has 3 aromatic rings. The van der Waals surface area contributed by atoms with Crippen molar-refractivity contribution >= 4 is 27.5 Å². The summed E-state index contributed by atoms with van der Waals surface area (Å²) in [5, 5.41) is 3.71. The number of thiophene rings is 1. The Labute approximate surface area is 171 Å². The van der Waals surface area contributed by atoms with Crippen LogP contribution in [0.5, 0.6) is 17.4 Å². The molecular formula is C20H21N3O5S. The molecule has 0 radical (unpaired) electrons. The van der Waals surface area contributed by atoms with Crippen LogP contribution in [0.4, 0.5) is 0 Å². The second kappa shape index (κ2) is 8.22. The Balaban J connectivity index is 1.60. The number of hydrogen-bond acceptors (Lipinski definition) is 8. The first-order valence-electron chi connectivity index (χ1n) is 9.11. The molecule has 0 saturated heterocycles. The van der Waals surface area contributed by atoms with Gasteiger partial charge >= 0.3 is 0 Å². The number of aromatic nitrogens is 2. The van der Waals surface area contributed by atoms with Crippen LogP contribution in [0, 0.1) is 6.92 Å². The quantitative estimate of drug-likeness (QED) is 0.662. The Morgan fingerprint density at radius 2 is 2.07 bits per heavy atom. The van der Waals surface area contributed by atoms with Crippen molar-refractivity contribution in [2.75, 3.05) is 27.4 Å². The van der Waals surface area contributed by atoms with Crippen LogP contribution >= 0.6 is 11.3 Å². The van der Waals surface area contributed by atoms with Gasteiger partial charge in [-0.1, -0.05) is 12.1 Å². The summed E-state index contributed by atoms with van der Waals surface area (Å²) < 4.78 is 21.8. The van der Waals surface area contributed by atoms with Gasteiger partial charge in [0.1, 0.15) is 24.7 Å². The average molecular weight is 415 g/mol. The lowest BCUT2D eigenvalue weighted by Crippen LogP contribution is -2.24.